The Morgan fingerprint density at radius 3 is 2.55 bits per heavy atom. The number of aromatic nitrogens is 3. The van der Waals surface area contributed by atoms with Gasteiger partial charge in [-0.05, 0) is 40.5 Å². The van der Waals surface area contributed by atoms with Gasteiger partial charge in [-0.1, -0.05) is 0 Å². The number of ether oxygens (including phenoxy) is 1. The lowest BCUT2D eigenvalue weighted by atomic mass is 10.0. The molecule has 0 bridgehead atoms. The number of methoxy groups -OCH3 is 1. The number of amides is 1. The fraction of sp³-hybridized carbons (Fsp3) is 0.591. The molecule has 0 aromatic carbocycles. The van der Waals surface area contributed by atoms with Crippen LogP contribution < -0.4 is 4.74 Å². The third kappa shape index (κ3) is 4.61. The Balaban J connectivity index is 1.56. The minimum atomic E-state index is 0.164. The highest BCUT2D eigenvalue weighted by molar-refractivity contribution is 5.79. The van der Waals surface area contributed by atoms with Gasteiger partial charge in [-0.15, -0.1) is 0 Å². The largest absolute Gasteiger partial charge is 0.496 e. The number of H-pyrrole nitrogens is 1. The second-order valence-electron chi connectivity index (χ2n) is 8.15. The first-order chi connectivity index (χ1) is 13.8. The van der Waals surface area contributed by atoms with Crippen LogP contribution in [0.2, 0.25) is 0 Å². The molecule has 7 nitrogen and oxygen atoms in total. The number of likely N-dealkylation sites (N-methyl/N-ethyl adjacent to an activating group) is 1. The highest BCUT2D eigenvalue weighted by atomic mass is 16.5. The number of aryl methyl sites for hydroxylation is 3. The maximum absolute atomic E-state index is 12.8. The molecule has 0 spiro atoms. The molecule has 158 valence electrons. The maximum Gasteiger partial charge on any atom is 0.227 e. The van der Waals surface area contributed by atoms with Crippen molar-refractivity contribution < 1.29 is 9.53 Å². The van der Waals surface area contributed by atoms with Crippen molar-refractivity contribution in [2.24, 2.45) is 0 Å². The van der Waals surface area contributed by atoms with Crippen LogP contribution in [-0.2, 0) is 17.8 Å². The number of nitrogens with one attached hydrogen (secondary N) is 1. The molecule has 2 aromatic heterocycles. The molecule has 0 unspecified atom stereocenters. The highest BCUT2D eigenvalue weighted by Crippen LogP contribution is 2.26. The number of hydrogen-bond donors (Lipinski definition) is 1. The van der Waals surface area contributed by atoms with Gasteiger partial charge >= 0.3 is 0 Å². The lowest BCUT2D eigenvalue weighted by Crippen LogP contribution is -2.46. The molecule has 3 rings (SSSR count). The molecule has 0 radical (unpaired) electrons. The molecule has 29 heavy (non-hydrogen) atoms. The van der Waals surface area contributed by atoms with Crippen LogP contribution >= 0.6 is 0 Å². The molecule has 1 saturated heterocycles. The summed E-state index contributed by atoms with van der Waals surface area (Å²) < 4.78 is 5.53. The second-order valence-corrected chi connectivity index (χ2v) is 8.15. The molecule has 3 heterocycles. The number of piperidine rings is 1. The minimum Gasteiger partial charge on any atom is -0.496 e. The quantitative estimate of drug-likeness (QED) is 0.808. The monoisotopic (exact) mass is 399 g/mol. The van der Waals surface area contributed by atoms with E-state index < -0.39 is 0 Å². The standard InChI is InChI=1S/C22H33N5O2/c1-14-12-23-20(15(2)22(14)29-6)13-27-9-7-18(8-10-27)26(5)21(28)11-19-16(3)24-25-17(19)4/h12,18H,7-11,13H2,1-6H3,(H,24,25). The molecule has 0 atom stereocenters. The smallest absolute Gasteiger partial charge is 0.227 e. The van der Waals surface area contributed by atoms with E-state index in [1.54, 1.807) is 7.11 Å². The van der Waals surface area contributed by atoms with E-state index in [0.29, 0.717) is 6.42 Å². The molecule has 1 fully saturated rings. The van der Waals surface area contributed by atoms with E-state index in [-0.39, 0.29) is 11.9 Å². The van der Waals surface area contributed by atoms with Crippen LogP contribution in [0.5, 0.6) is 5.75 Å². The van der Waals surface area contributed by atoms with Crippen molar-refractivity contribution in [2.45, 2.75) is 59.5 Å². The van der Waals surface area contributed by atoms with Gasteiger partial charge in [0.25, 0.3) is 0 Å². The van der Waals surface area contributed by atoms with Gasteiger partial charge in [-0.25, -0.2) is 0 Å². The zero-order chi connectivity index (χ0) is 21.1. The van der Waals surface area contributed by atoms with Gasteiger partial charge in [0.15, 0.2) is 0 Å². The predicted octanol–water partition coefficient (Wildman–Crippen LogP) is 2.71. The third-order valence-corrected chi connectivity index (χ3v) is 6.23. The van der Waals surface area contributed by atoms with Gasteiger partial charge < -0.3 is 9.64 Å². The average Bonchev–Trinajstić information content (AvgIpc) is 3.02. The molecule has 1 amide bonds. The Bertz CT molecular complexity index is 849. The Morgan fingerprint density at radius 1 is 1.28 bits per heavy atom. The Hall–Kier alpha value is -2.41. The zero-order valence-electron chi connectivity index (χ0n) is 18.5. The lowest BCUT2D eigenvalue weighted by molar-refractivity contribution is -0.132. The topological polar surface area (TPSA) is 74.3 Å². The van der Waals surface area contributed by atoms with Crippen molar-refractivity contribution in [1.29, 1.82) is 0 Å². The molecule has 1 N–H and O–H groups in total. The van der Waals surface area contributed by atoms with Crippen LogP contribution in [0.1, 0.15) is 46.6 Å². The molecule has 2 aromatic rings. The van der Waals surface area contributed by atoms with Crippen molar-refractivity contribution in [3.63, 3.8) is 0 Å². The fourth-order valence-corrected chi connectivity index (χ4v) is 4.22. The Kier molecular flexibility index (Phi) is 6.57. The van der Waals surface area contributed by atoms with E-state index >= 15 is 0 Å². The van der Waals surface area contributed by atoms with Crippen LogP contribution in [0.4, 0.5) is 0 Å². The summed E-state index contributed by atoms with van der Waals surface area (Å²) in [6.45, 7) is 10.8. The molecular formula is C22H33N5O2. The first-order valence-corrected chi connectivity index (χ1v) is 10.3. The van der Waals surface area contributed by atoms with Crippen LogP contribution in [0.25, 0.3) is 0 Å². The number of rotatable bonds is 6. The van der Waals surface area contributed by atoms with Gasteiger partial charge in [0.1, 0.15) is 5.75 Å². The summed E-state index contributed by atoms with van der Waals surface area (Å²) in [6.07, 6.45) is 4.26. The van der Waals surface area contributed by atoms with Gasteiger partial charge in [-0.3, -0.25) is 19.8 Å². The van der Waals surface area contributed by atoms with Crippen LogP contribution in [-0.4, -0.2) is 64.2 Å². The molecule has 0 aliphatic carbocycles. The predicted molar refractivity (Wildman–Crippen MR) is 113 cm³/mol. The number of aromatic amines is 1. The molecule has 1 aliphatic heterocycles. The van der Waals surface area contributed by atoms with Gasteiger partial charge in [0.05, 0.1) is 24.9 Å². The van der Waals surface area contributed by atoms with Gasteiger partial charge in [0.2, 0.25) is 5.91 Å². The van der Waals surface area contributed by atoms with E-state index in [9.17, 15) is 4.79 Å². The van der Waals surface area contributed by atoms with Crippen molar-refractivity contribution >= 4 is 5.91 Å². The Labute approximate surface area is 173 Å². The van der Waals surface area contributed by atoms with E-state index in [1.807, 2.05) is 38.9 Å². The van der Waals surface area contributed by atoms with Crippen molar-refractivity contribution in [2.75, 3.05) is 27.2 Å². The maximum atomic E-state index is 12.8. The minimum absolute atomic E-state index is 0.164. The zero-order valence-corrected chi connectivity index (χ0v) is 18.5. The summed E-state index contributed by atoms with van der Waals surface area (Å²) in [4.78, 5) is 21.8. The number of carbonyl (C=O) groups excluding carboxylic acids is 1. The van der Waals surface area contributed by atoms with Crippen molar-refractivity contribution in [3.05, 3.63) is 40.0 Å². The summed E-state index contributed by atoms with van der Waals surface area (Å²) in [6, 6.07) is 0.285. The first kappa shape index (κ1) is 21.3. The lowest BCUT2D eigenvalue weighted by Gasteiger charge is -2.37. The summed E-state index contributed by atoms with van der Waals surface area (Å²) in [5.74, 6) is 1.09. The Morgan fingerprint density at radius 2 is 1.97 bits per heavy atom. The van der Waals surface area contributed by atoms with Crippen LogP contribution in [0, 0.1) is 27.7 Å². The van der Waals surface area contributed by atoms with Gasteiger partial charge in [-0.2, -0.15) is 5.10 Å². The first-order valence-electron chi connectivity index (χ1n) is 10.3. The van der Waals surface area contributed by atoms with E-state index in [4.69, 9.17) is 4.74 Å². The number of hydrogen-bond acceptors (Lipinski definition) is 5. The summed E-state index contributed by atoms with van der Waals surface area (Å²) >= 11 is 0. The molecule has 0 saturated carbocycles. The van der Waals surface area contributed by atoms with Gasteiger partial charge in [0, 0.05) is 61.3 Å². The van der Waals surface area contributed by atoms with Crippen molar-refractivity contribution in [1.82, 2.24) is 25.0 Å². The number of nitrogens with zero attached hydrogens (tertiary/aromatic N) is 4. The van der Waals surface area contributed by atoms with E-state index in [0.717, 1.165) is 72.0 Å². The number of carbonyl (C=O) groups is 1. The van der Waals surface area contributed by atoms with Crippen molar-refractivity contribution in [3.8, 4) is 5.75 Å². The summed E-state index contributed by atoms with van der Waals surface area (Å²) in [5, 5.41) is 7.16. The molecule has 7 heteroatoms. The second kappa shape index (κ2) is 8.95. The third-order valence-electron chi connectivity index (χ3n) is 6.23. The average molecular weight is 400 g/mol. The SMILES string of the molecule is COc1c(C)cnc(CN2CCC(N(C)C(=O)Cc3c(C)n[nH]c3C)CC2)c1C. The fourth-order valence-electron chi connectivity index (χ4n) is 4.22. The summed E-state index contributed by atoms with van der Waals surface area (Å²) in [5.41, 5.74) is 6.17. The normalized spacial score (nSPS) is 15.5. The number of likely N-dealkylation sites (tertiary alicyclic amines) is 1. The van der Waals surface area contributed by atoms with Crippen LogP contribution in [0.3, 0.4) is 0 Å². The highest BCUT2D eigenvalue weighted by Gasteiger charge is 2.27. The molecule has 1 aliphatic rings. The van der Waals surface area contributed by atoms with E-state index in [2.05, 4.69) is 27.0 Å². The summed E-state index contributed by atoms with van der Waals surface area (Å²) in [7, 11) is 3.65. The van der Waals surface area contributed by atoms with Crippen LogP contribution in [0.15, 0.2) is 6.20 Å². The molecular weight excluding hydrogens is 366 g/mol. The number of pyridine rings is 1. The van der Waals surface area contributed by atoms with E-state index in [1.165, 1.54) is 0 Å².